The number of fused-ring (bicyclic) bond motifs is 1. The van der Waals surface area contributed by atoms with Gasteiger partial charge >= 0.3 is 5.97 Å². The molecule has 20 heavy (non-hydrogen) atoms. The van der Waals surface area contributed by atoms with Gasteiger partial charge in [0.15, 0.2) is 0 Å². The van der Waals surface area contributed by atoms with Crippen LogP contribution in [0.5, 0.6) is 0 Å². The number of carbonyl (C=O) groups excluding carboxylic acids is 2. The van der Waals surface area contributed by atoms with Gasteiger partial charge in [0.2, 0.25) is 5.76 Å². The second-order valence-electron chi connectivity index (χ2n) is 4.38. The van der Waals surface area contributed by atoms with Gasteiger partial charge in [0, 0.05) is 10.9 Å². The summed E-state index contributed by atoms with van der Waals surface area (Å²) in [6, 6.07) is 1.47. The van der Waals surface area contributed by atoms with Crippen LogP contribution in [-0.4, -0.2) is 24.1 Å². The standard InChI is InChI=1S/C13H12N2O4S/c1-18-13(17)10-7-3-2-4-9(7)20-12(10)15-11(16)8-5-6-14-19-8/h5-6H,2-4H2,1H3,(H,15,16). The first kappa shape index (κ1) is 12.9. The highest BCUT2D eigenvalue weighted by Crippen LogP contribution is 2.39. The largest absolute Gasteiger partial charge is 0.465 e. The van der Waals surface area contributed by atoms with Crippen LogP contribution in [0, 0.1) is 0 Å². The number of amides is 1. The number of methoxy groups -OCH3 is 1. The quantitative estimate of drug-likeness (QED) is 0.878. The van der Waals surface area contributed by atoms with E-state index in [4.69, 9.17) is 9.26 Å². The van der Waals surface area contributed by atoms with Crippen LogP contribution in [-0.2, 0) is 17.6 Å². The highest BCUT2D eigenvalue weighted by Gasteiger charge is 2.28. The lowest BCUT2D eigenvalue weighted by Gasteiger charge is -2.05. The number of nitrogens with zero attached hydrogens (tertiary/aromatic N) is 1. The zero-order chi connectivity index (χ0) is 14.1. The number of thiophene rings is 1. The molecule has 0 aromatic carbocycles. The lowest BCUT2D eigenvalue weighted by Crippen LogP contribution is -2.14. The molecule has 6 nitrogen and oxygen atoms in total. The third-order valence-corrected chi connectivity index (χ3v) is 4.41. The van der Waals surface area contributed by atoms with Crippen molar-refractivity contribution in [1.29, 1.82) is 0 Å². The Kier molecular flexibility index (Phi) is 3.27. The minimum Gasteiger partial charge on any atom is -0.465 e. The van der Waals surface area contributed by atoms with Crippen molar-refractivity contribution < 1.29 is 18.8 Å². The average molecular weight is 292 g/mol. The summed E-state index contributed by atoms with van der Waals surface area (Å²) in [7, 11) is 1.34. The summed E-state index contributed by atoms with van der Waals surface area (Å²) >= 11 is 1.42. The molecule has 0 saturated carbocycles. The van der Waals surface area contributed by atoms with Crippen LogP contribution in [0.15, 0.2) is 16.8 Å². The van der Waals surface area contributed by atoms with E-state index in [0.717, 1.165) is 29.7 Å². The fraction of sp³-hybridized carbons (Fsp3) is 0.308. The van der Waals surface area contributed by atoms with Crippen LogP contribution in [0.3, 0.4) is 0 Å². The fourth-order valence-electron chi connectivity index (χ4n) is 2.31. The molecule has 0 unspecified atom stereocenters. The lowest BCUT2D eigenvalue weighted by atomic mass is 10.1. The molecule has 2 aromatic heterocycles. The second-order valence-corrected chi connectivity index (χ2v) is 5.49. The number of hydrogen-bond donors (Lipinski definition) is 1. The van der Waals surface area contributed by atoms with E-state index in [1.807, 2.05) is 0 Å². The molecule has 0 spiro atoms. The monoisotopic (exact) mass is 292 g/mol. The van der Waals surface area contributed by atoms with E-state index in [2.05, 4.69) is 10.5 Å². The third kappa shape index (κ3) is 2.09. The maximum Gasteiger partial charge on any atom is 0.341 e. The molecular formula is C13H12N2O4S. The zero-order valence-electron chi connectivity index (χ0n) is 10.8. The zero-order valence-corrected chi connectivity index (χ0v) is 11.6. The Morgan fingerprint density at radius 3 is 3.00 bits per heavy atom. The molecular weight excluding hydrogens is 280 g/mol. The molecule has 0 aliphatic heterocycles. The summed E-state index contributed by atoms with van der Waals surface area (Å²) in [5, 5.41) is 6.70. The Morgan fingerprint density at radius 2 is 2.30 bits per heavy atom. The number of aryl methyl sites for hydroxylation is 1. The van der Waals surface area contributed by atoms with Gasteiger partial charge in [-0.25, -0.2) is 4.79 Å². The van der Waals surface area contributed by atoms with Gasteiger partial charge in [0.05, 0.1) is 18.9 Å². The number of rotatable bonds is 3. The van der Waals surface area contributed by atoms with E-state index in [9.17, 15) is 9.59 Å². The Labute approximate surface area is 118 Å². The van der Waals surface area contributed by atoms with Crippen LogP contribution in [0.2, 0.25) is 0 Å². The van der Waals surface area contributed by atoms with Crippen molar-refractivity contribution in [2.45, 2.75) is 19.3 Å². The second kappa shape index (κ2) is 5.09. The molecule has 104 valence electrons. The number of hydrogen-bond acceptors (Lipinski definition) is 6. The van der Waals surface area contributed by atoms with Crippen molar-refractivity contribution in [3.05, 3.63) is 34.0 Å². The van der Waals surface area contributed by atoms with Gasteiger partial charge in [-0.2, -0.15) is 0 Å². The van der Waals surface area contributed by atoms with Gasteiger partial charge in [-0.05, 0) is 24.8 Å². The molecule has 0 atom stereocenters. The molecule has 3 rings (SSSR count). The van der Waals surface area contributed by atoms with Crippen molar-refractivity contribution in [3.8, 4) is 0 Å². The number of ether oxygens (including phenoxy) is 1. The summed E-state index contributed by atoms with van der Waals surface area (Å²) in [4.78, 5) is 25.0. The minimum absolute atomic E-state index is 0.106. The lowest BCUT2D eigenvalue weighted by molar-refractivity contribution is 0.0601. The Bertz CT molecular complexity index is 660. The summed E-state index contributed by atoms with van der Waals surface area (Å²) in [6.45, 7) is 0. The molecule has 0 fully saturated rings. The van der Waals surface area contributed by atoms with E-state index < -0.39 is 11.9 Å². The van der Waals surface area contributed by atoms with E-state index in [0.29, 0.717) is 10.6 Å². The summed E-state index contributed by atoms with van der Waals surface area (Å²) in [5.74, 6) is -0.737. The van der Waals surface area contributed by atoms with Crippen LogP contribution < -0.4 is 5.32 Å². The van der Waals surface area contributed by atoms with Crippen molar-refractivity contribution in [3.63, 3.8) is 0 Å². The fourth-order valence-corrected chi connectivity index (χ4v) is 3.58. The van der Waals surface area contributed by atoms with E-state index in [-0.39, 0.29) is 5.76 Å². The molecule has 1 N–H and O–H groups in total. The predicted molar refractivity (Wildman–Crippen MR) is 72.1 cm³/mol. The summed E-state index contributed by atoms with van der Waals surface area (Å²) < 4.78 is 9.61. The number of carbonyl (C=O) groups is 2. The molecule has 0 saturated heterocycles. The van der Waals surface area contributed by atoms with Crippen molar-refractivity contribution in [1.82, 2.24) is 5.16 Å². The van der Waals surface area contributed by atoms with Crippen LogP contribution in [0.4, 0.5) is 5.00 Å². The number of esters is 1. The van der Waals surface area contributed by atoms with Gasteiger partial charge in [0.25, 0.3) is 5.91 Å². The topological polar surface area (TPSA) is 81.4 Å². The first-order valence-corrected chi connectivity index (χ1v) is 6.97. The Balaban J connectivity index is 1.93. The average Bonchev–Trinajstić information content (AvgIpc) is 3.13. The molecule has 7 heteroatoms. The van der Waals surface area contributed by atoms with Gasteiger partial charge in [-0.15, -0.1) is 11.3 Å². The van der Waals surface area contributed by atoms with E-state index in [1.54, 1.807) is 0 Å². The maximum absolute atomic E-state index is 12.0. The van der Waals surface area contributed by atoms with Gasteiger partial charge in [-0.1, -0.05) is 5.16 Å². The molecule has 2 aromatic rings. The number of nitrogens with one attached hydrogen (secondary N) is 1. The first-order valence-electron chi connectivity index (χ1n) is 6.15. The SMILES string of the molecule is COC(=O)c1c(NC(=O)c2ccno2)sc2c1CCC2. The van der Waals surface area contributed by atoms with E-state index >= 15 is 0 Å². The smallest absolute Gasteiger partial charge is 0.341 e. The highest BCUT2D eigenvalue weighted by atomic mass is 32.1. The molecule has 1 amide bonds. The van der Waals surface area contributed by atoms with Gasteiger partial charge in [-0.3, -0.25) is 4.79 Å². The maximum atomic E-state index is 12.0. The third-order valence-electron chi connectivity index (χ3n) is 3.20. The van der Waals surface area contributed by atoms with Crippen molar-refractivity contribution >= 4 is 28.2 Å². The van der Waals surface area contributed by atoms with Crippen molar-refractivity contribution in [2.24, 2.45) is 0 Å². The first-order chi connectivity index (χ1) is 9.70. The minimum atomic E-state index is -0.424. The summed E-state index contributed by atoms with van der Waals surface area (Å²) in [5.41, 5.74) is 1.47. The van der Waals surface area contributed by atoms with Crippen LogP contribution >= 0.6 is 11.3 Å². The Morgan fingerprint density at radius 1 is 1.45 bits per heavy atom. The van der Waals surface area contributed by atoms with Crippen LogP contribution in [0.25, 0.3) is 0 Å². The van der Waals surface area contributed by atoms with Gasteiger partial charge in [0.1, 0.15) is 5.00 Å². The van der Waals surface area contributed by atoms with Gasteiger partial charge < -0.3 is 14.6 Å². The number of aromatic nitrogens is 1. The van der Waals surface area contributed by atoms with E-state index in [1.165, 1.54) is 30.7 Å². The molecule has 1 aliphatic carbocycles. The van der Waals surface area contributed by atoms with Crippen LogP contribution in [0.1, 0.15) is 37.8 Å². The molecule has 0 radical (unpaired) electrons. The Hall–Kier alpha value is -2.15. The summed E-state index contributed by atoms with van der Waals surface area (Å²) in [6.07, 6.45) is 4.20. The highest BCUT2D eigenvalue weighted by molar-refractivity contribution is 7.17. The number of anilines is 1. The molecule has 1 aliphatic rings. The predicted octanol–water partition coefficient (Wildman–Crippen LogP) is 2.26. The normalized spacial score (nSPS) is 13.1. The van der Waals surface area contributed by atoms with Crippen molar-refractivity contribution in [2.75, 3.05) is 12.4 Å². The molecule has 2 heterocycles. The molecule has 0 bridgehead atoms.